The number of carbonyl (C=O) groups is 1. The highest BCUT2D eigenvalue weighted by atomic mass is 16.5. The molecule has 78 valence electrons. The van der Waals surface area contributed by atoms with E-state index in [9.17, 15) is 4.79 Å². The lowest BCUT2D eigenvalue weighted by molar-refractivity contribution is 0.0684. The molecule has 0 atom stereocenters. The van der Waals surface area contributed by atoms with Gasteiger partial charge in [0, 0.05) is 12.3 Å². The van der Waals surface area contributed by atoms with Gasteiger partial charge in [-0.1, -0.05) is 5.16 Å². The number of carboxylic acid groups (broad SMARTS) is 1. The van der Waals surface area contributed by atoms with Crippen molar-refractivity contribution in [1.82, 2.24) is 14.9 Å². The second-order valence-electron chi connectivity index (χ2n) is 3.11. The lowest BCUT2D eigenvalue weighted by atomic mass is 10.3. The van der Waals surface area contributed by atoms with Crippen LogP contribution >= 0.6 is 0 Å². The van der Waals surface area contributed by atoms with E-state index in [-0.39, 0.29) is 5.69 Å². The second-order valence-corrected chi connectivity index (χ2v) is 3.11. The molecule has 0 aliphatic rings. The highest BCUT2D eigenvalue weighted by Gasteiger charge is 2.11. The Hall–Kier alpha value is -2.11. The van der Waals surface area contributed by atoms with Crippen LogP contribution in [0, 0.1) is 6.92 Å². The van der Waals surface area contributed by atoms with Crippen LogP contribution in [0.1, 0.15) is 21.9 Å². The van der Waals surface area contributed by atoms with Crippen LogP contribution in [0.15, 0.2) is 22.9 Å². The van der Waals surface area contributed by atoms with Gasteiger partial charge in [0.25, 0.3) is 0 Å². The molecule has 1 N–H and O–H groups in total. The topological polar surface area (TPSA) is 81.2 Å². The predicted molar refractivity (Wildman–Crippen MR) is 49.5 cm³/mol. The quantitative estimate of drug-likeness (QED) is 0.809. The maximum atomic E-state index is 10.8. The standard InChI is InChI=1S/C9H9N3O3/c1-6-4-7(11-15-6)5-12-8(9(13)14)2-3-10-12/h2-4H,5H2,1H3,(H,13,14). The summed E-state index contributed by atoms with van der Waals surface area (Å²) in [5.41, 5.74) is 0.786. The number of rotatable bonds is 3. The van der Waals surface area contributed by atoms with Gasteiger partial charge < -0.3 is 9.63 Å². The molecule has 15 heavy (non-hydrogen) atoms. The van der Waals surface area contributed by atoms with Gasteiger partial charge in [-0.25, -0.2) is 4.79 Å². The van der Waals surface area contributed by atoms with Crippen LogP contribution < -0.4 is 0 Å². The van der Waals surface area contributed by atoms with Crippen LogP contribution in [0.4, 0.5) is 0 Å². The molecule has 0 fully saturated rings. The second kappa shape index (κ2) is 3.56. The average molecular weight is 207 g/mol. The first kappa shape index (κ1) is 9.45. The van der Waals surface area contributed by atoms with Crippen molar-refractivity contribution in [3.05, 3.63) is 35.5 Å². The molecule has 6 heteroatoms. The van der Waals surface area contributed by atoms with Crippen LogP contribution in [0.25, 0.3) is 0 Å². The van der Waals surface area contributed by atoms with Crippen molar-refractivity contribution >= 4 is 5.97 Å². The molecule has 0 unspecified atom stereocenters. The minimum atomic E-state index is -1.01. The Kier molecular flexibility index (Phi) is 2.24. The summed E-state index contributed by atoms with van der Waals surface area (Å²) >= 11 is 0. The molecule has 0 saturated carbocycles. The van der Waals surface area contributed by atoms with Crippen molar-refractivity contribution in [2.45, 2.75) is 13.5 Å². The number of aromatic nitrogens is 3. The van der Waals surface area contributed by atoms with Gasteiger partial charge >= 0.3 is 5.97 Å². The van der Waals surface area contributed by atoms with Crippen molar-refractivity contribution in [3.63, 3.8) is 0 Å². The Bertz CT molecular complexity index is 486. The number of aromatic carboxylic acids is 1. The molecule has 6 nitrogen and oxygen atoms in total. The van der Waals surface area contributed by atoms with E-state index in [0.717, 1.165) is 0 Å². The highest BCUT2D eigenvalue weighted by Crippen LogP contribution is 2.06. The minimum Gasteiger partial charge on any atom is -0.477 e. The number of aryl methyl sites for hydroxylation is 1. The lowest BCUT2D eigenvalue weighted by Crippen LogP contribution is -2.10. The zero-order valence-electron chi connectivity index (χ0n) is 8.04. The first-order valence-corrected chi connectivity index (χ1v) is 4.34. The average Bonchev–Trinajstić information content (AvgIpc) is 2.75. The van der Waals surface area contributed by atoms with Crippen LogP contribution in [0.2, 0.25) is 0 Å². The van der Waals surface area contributed by atoms with Crippen molar-refractivity contribution in [1.29, 1.82) is 0 Å². The van der Waals surface area contributed by atoms with Gasteiger partial charge in [-0.2, -0.15) is 5.10 Å². The van der Waals surface area contributed by atoms with E-state index < -0.39 is 5.97 Å². The Morgan fingerprint density at radius 2 is 2.47 bits per heavy atom. The maximum Gasteiger partial charge on any atom is 0.354 e. The summed E-state index contributed by atoms with van der Waals surface area (Å²) < 4.78 is 6.24. The molecule has 0 bridgehead atoms. The summed E-state index contributed by atoms with van der Waals surface area (Å²) in [5.74, 6) is -0.318. The third kappa shape index (κ3) is 1.88. The maximum absolute atomic E-state index is 10.8. The van der Waals surface area contributed by atoms with Gasteiger partial charge in [-0.05, 0) is 13.0 Å². The number of carboxylic acids is 1. The molecule has 2 aromatic rings. The Labute approximate surface area is 85.1 Å². The van der Waals surface area contributed by atoms with E-state index in [1.165, 1.54) is 16.9 Å². The summed E-state index contributed by atoms with van der Waals surface area (Å²) in [6.45, 7) is 2.07. The fraction of sp³-hybridized carbons (Fsp3) is 0.222. The predicted octanol–water partition coefficient (Wildman–Crippen LogP) is 0.926. The molecule has 0 aliphatic carbocycles. The fourth-order valence-electron chi connectivity index (χ4n) is 1.29. The first-order chi connectivity index (χ1) is 7.16. The summed E-state index contributed by atoms with van der Waals surface area (Å²) in [7, 11) is 0. The lowest BCUT2D eigenvalue weighted by Gasteiger charge is -1.99. The van der Waals surface area contributed by atoms with Gasteiger partial charge in [0.1, 0.15) is 17.1 Å². The van der Waals surface area contributed by atoms with Crippen molar-refractivity contribution in [2.24, 2.45) is 0 Å². The minimum absolute atomic E-state index is 0.135. The third-order valence-corrected chi connectivity index (χ3v) is 1.92. The van der Waals surface area contributed by atoms with Crippen molar-refractivity contribution in [2.75, 3.05) is 0 Å². The van der Waals surface area contributed by atoms with E-state index >= 15 is 0 Å². The molecule has 2 rings (SSSR count). The van der Waals surface area contributed by atoms with Crippen LogP contribution in [0.5, 0.6) is 0 Å². The van der Waals surface area contributed by atoms with Gasteiger partial charge in [0.05, 0.1) is 6.54 Å². The zero-order valence-corrected chi connectivity index (χ0v) is 8.04. The van der Waals surface area contributed by atoms with Gasteiger partial charge in [0.2, 0.25) is 0 Å². The molecule has 2 heterocycles. The van der Waals surface area contributed by atoms with Crippen molar-refractivity contribution < 1.29 is 14.4 Å². The Morgan fingerprint density at radius 3 is 3.07 bits per heavy atom. The summed E-state index contributed by atoms with van der Waals surface area (Å²) in [4.78, 5) is 10.8. The van der Waals surface area contributed by atoms with E-state index in [0.29, 0.717) is 18.0 Å². The number of hydrogen-bond acceptors (Lipinski definition) is 4. The largest absolute Gasteiger partial charge is 0.477 e. The first-order valence-electron chi connectivity index (χ1n) is 4.34. The molecule has 0 amide bonds. The Morgan fingerprint density at radius 1 is 1.67 bits per heavy atom. The number of hydrogen-bond donors (Lipinski definition) is 1. The monoisotopic (exact) mass is 207 g/mol. The normalized spacial score (nSPS) is 10.5. The molecule has 2 aromatic heterocycles. The van der Waals surface area contributed by atoms with Crippen LogP contribution in [0.3, 0.4) is 0 Å². The van der Waals surface area contributed by atoms with E-state index in [1.807, 2.05) is 0 Å². The Balaban J connectivity index is 2.24. The third-order valence-electron chi connectivity index (χ3n) is 1.92. The molecular formula is C9H9N3O3. The molecule has 0 saturated heterocycles. The molecule has 0 aromatic carbocycles. The highest BCUT2D eigenvalue weighted by molar-refractivity contribution is 5.85. The number of nitrogens with zero attached hydrogens (tertiary/aromatic N) is 3. The summed E-state index contributed by atoms with van der Waals surface area (Å²) in [6, 6.07) is 3.18. The fourth-order valence-corrected chi connectivity index (χ4v) is 1.29. The van der Waals surface area contributed by atoms with Crippen molar-refractivity contribution in [3.8, 4) is 0 Å². The van der Waals surface area contributed by atoms with Gasteiger partial charge in [-0.3, -0.25) is 4.68 Å². The zero-order chi connectivity index (χ0) is 10.8. The SMILES string of the molecule is Cc1cc(Cn2nccc2C(=O)O)no1. The molecule has 0 radical (unpaired) electrons. The van der Waals surface area contributed by atoms with Crippen LogP contribution in [-0.4, -0.2) is 26.0 Å². The molecular weight excluding hydrogens is 198 g/mol. The van der Waals surface area contributed by atoms with E-state index in [2.05, 4.69) is 10.3 Å². The van der Waals surface area contributed by atoms with Gasteiger partial charge in [0.15, 0.2) is 0 Å². The van der Waals surface area contributed by atoms with Crippen LogP contribution in [-0.2, 0) is 6.54 Å². The molecule has 0 spiro atoms. The molecule has 0 aliphatic heterocycles. The van der Waals surface area contributed by atoms with E-state index in [1.54, 1.807) is 13.0 Å². The van der Waals surface area contributed by atoms with Gasteiger partial charge in [-0.15, -0.1) is 0 Å². The van der Waals surface area contributed by atoms with E-state index in [4.69, 9.17) is 9.63 Å². The summed E-state index contributed by atoms with van der Waals surface area (Å²) in [5, 5.41) is 16.5. The summed E-state index contributed by atoms with van der Waals surface area (Å²) in [6.07, 6.45) is 1.44. The smallest absolute Gasteiger partial charge is 0.354 e.